The van der Waals surface area contributed by atoms with Gasteiger partial charge < -0.3 is 20.1 Å². The van der Waals surface area contributed by atoms with Gasteiger partial charge in [0.15, 0.2) is 0 Å². The Balaban J connectivity index is 1.62. The molecule has 0 spiro atoms. The summed E-state index contributed by atoms with van der Waals surface area (Å²) in [6, 6.07) is 13.9. The van der Waals surface area contributed by atoms with Crippen molar-refractivity contribution in [1.29, 1.82) is 0 Å². The molecule has 0 heterocycles. The molecule has 138 valence electrons. The van der Waals surface area contributed by atoms with Crippen LogP contribution in [0.1, 0.15) is 33.6 Å². The Labute approximate surface area is 153 Å². The Morgan fingerprint density at radius 1 is 0.692 bits per heavy atom. The fourth-order valence-electron chi connectivity index (χ4n) is 2.34. The molecular weight excluding hydrogens is 332 g/mol. The maximum absolute atomic E-state index is 12.0. The van der Waals surface area contributed by atoms with Crippen LogP contribution >= 0.6 is 0 Å². The van der Waals surface area contributed by atoms with E-state index >= 15 is 0 Å². The summed E-state index contributed by atoms with van der Waals surface area (Å²) < 4.78 is 10.1. The van der Waals surface area contributed by atoms with Crippen LogP contribution in [0.3, 0.4) is 0 Å². The molecule has 2 rings (SSSR count). The van der Waals surface area contributed by atoms with Crippen molar-refractivity contribution >= 4 is 11.8 Å². The predicted octanol–water partition coefficient (Wildman–Crippen LogP) is 2.64. The third kappa shape index (κ3) is 5.81. The van der Waals surface area contributed by atoms with Crippen molar-refractivity contribution in [3.63, 3.8) is 0 Å². The van der Waals surface area contributed by atoms with Gasteiger partial charge in [-0.2, -0.15) is 0 Å². The van der Waals surface area contributed by atoms with Gasteiger partial charge in [-0.1, -0.05) is 0 Å². The number of carbonyl (C=O) groups excluding carboxylic acids is 2. The summed E-state index contributed by atoms with van der Waals surface area (Å²) >= 11 is 0. The fraction of sp³-hybridized carbons (Fsp3) is 0.300. The van der Waals surface area contributed by atoms with Crippen LogP contribution in [0.4, 0.5) is 0 Å². The summed E-state index contributed by atoms with van der Waals surface area (Å²) in [4.78, 5) is 24.0. The number of methoxy groups -OCH3 is 2. The second-order valence-electron chi connectivity index (χ2n) is 5.68. The molecule has 0 unspecified atom stereocenters. The number of rotatable bonds is 9. The molecule has 0 aromatic heterocycles. The van der Waals surface area contributed by atoms with Crippen LogP contribution in [0.25, 0.3) is 0 Å². The number of unbranched alkanes of at least 4 members (excludes halogenated alkanes) is 1. The molecule has 2 aromatic carbocycles. The Morgan fingerprint density at radius 2 is 1.04 bits per heavy atom. The lowest BCUT2D eigenvalue weighted by Crippen LogP contribution is -2.27. The first kappa shape index (κ1) is 19.3. The van der Waals surface area contributed by atoms with Gasteiger partial charge in [0, 0.05) is 24.2 Å². The highest BCUT2D eigenvalue weighted by Gasteiger charge is 2.06. The Bertz CT molecular complexity index is 648. The molecule has 0 aliphatic carbocycles. The zero-order valence-corrected chi connectivity index (χ0v) is 15.1. The lowest BCUT2D eigenvalue weighted by Gasteiger charge is -2.08. The third-order valence-corrected chi connectivity index (χ3v) is 3.88. The Hall–Kier alpha value is -3.02. The minimum Gasteiger partial charge on any atom is -0.497 e. The topological polar surface area (TPSA) is 76.7 Å². The van der Waals surface area contributed by atoms with E-state index < -0.39 is 0 Å². The molecule has 6 nitrogen and oxygen atoms in total. The molecule has 0 aliphatic rings. The van der Waals surface area contributed by atoms with Gasteiger partial charge in [0.1, 0.15) is 11.5 Å². The average Bonchev–Trinajstić information content (AvgIpc) is 2.70. The van der Waals surface area contributed by atoms with E-state index in [0.29, 0.717) is 35.7 Å². The normalized spacial score (nSPS) is 10.1. The first-order chi connectivity index (χ1) is 12.6. The predicted molar refractivity (Wildman–Crippen MR) is 99.9 cm³/mol. The second kappa shape index (κ2) is 10.1. The van der Waals surface area contributed by atoms with Gasteiger partial charge >= 0.3 is 0 Å². The minimum absolute atomic E-state index is 0.116. The van der Waals surface area contributed by atoms with E-state index in [0.717, 1.165) is 12.8 Å². The zero-order chi connectivity index (χ0) is 18.8. The van der Waals surface area contributed by atoms with E-state index in [1.807, 2.05) is 0 Å². The number of carbonyl (C=O) groups is 2. The van der Waals surface area contributed by atoms with Gasteiger partial charge in [0.05, 0.1) is 14.2 Å². The van der Waals surface area contributed by atoms with Gasteiger partial charge in [-0.25, -0.2) is 0 Å². The molecule has 0 fully saturated rings. The summed E-state index contributed by atoms with van der Waals surface area (Å²) in [5, 5.41) is 5.73. The van der Waals surface area contributed by atoms with Crippen molar-refractivity contribution in [1.82, 2.24) is 10.6 Å². The smallest absolute Gasteiger partial charge is 0.251 e. The zero-order valence-electron chi connectivity index (χ0n) is 15.1. The van der Waals surface area contributed by atoms with Gasteiger partial charge in [-0.15, -0.1) is 0 Å². The highest BCUT2D eigenvalue weighted by molar-refractivity contribution is 5.94. The van der Waals surface area contributed by atoms with Crippen molar-refractivity contribution in [2.75, 3.05) is 27.3 Å². The van der Waals surface area contributed by atoms with Crippen molar-refractivity contribution in [2.24, 2.45) is 0 Å². The van der Waals surface area contributed by atoms with E-state index in [9.17, 15) is 9.59 Å². The molecule has 2 amide bonds. The van der Waals surface area contributed by atoms with E-state index in [1.54, 1.807) is 62.8 Å². The van der Waals surface area contributed by atoms with Crippen LogP contribution in [-0.4, -0.2) is 39.1 Å². The van der Waals surface area contributed by atoms with Gasteiger partial charge in [-0.3, -0.25) is 9.59 Å². The second-order valence-corrected chi connectivity index (χ2v) is 5.68. The van der Waals surface area contributed by atoms with Crippen LogP contribution < -0.4 is 20.1 Å². The van der Waals surface area contributed by atoms with E-state index in [2.05, 4.69) is 10.6 Å². The average molecular weight is 356 g/mol. The van der Waals surface area contributed by atoms with Crippen LogP contribution in [-0.2, 0) is 0 Å². The molecule has 0 bridgehead atoms. The SMILES string of the molecule is COc1ccc(C(=O)NCCCCNC(=O)c2ccc(OC)cc2)cc1. The van der Waals surface area contributed by atoms with Gasteiger partial charge in [-0.05, 0) is 61.4 Å². The standard InChI is InChI=1S/C20H24N2O4/c1-25-17-9-5-15(6-10-17)19(23)21-13-3-4-14-22-20(24)16-7-11-18(26-2)12-8-16/h5-12H,3-4,13-14H2,1-2H3,(H,21,23)(H,22,24). The first-order valence-corrected chi connectivity index (χ1v) is 8.48. The van der Waals surface area contributed by atoms with E-state index in [-0.39, 0.29) is 11.8 Å². The maximum atomic E-state index is 12.0. The summed E-state index contributed by atoms with van der Waals surface area (Å²) in [5.74, 6) is 1.20. The largest absolute Gasteiger partial charge is 0.497 e. The van der Waals surface area contributed by atoms with Crippen LogP contribution in [0.5, 0.6) is 11.5 Å². The number of hydrogen-bond donors (Lipinski definition) is 2. The summed E-state index contributed by atoms with van der Waals surface area (Å²) in [5.41, 5.74) is 1.19. The van der Waals surface area contributed by atoms with Gasteiger partial charge in [0.25, 0.3) is 11.8 Å². The molecule has 26 heavy (non-hydrogen) atoms. The molecule has 0 saturated carbocycles. The third-order valence-electron chi connectivity index (χ3n) is 3.88. The number of benzene rings is 2. The highest BCUT2D eigenvalue weighted by Crippen LogP contribution is 2.12. The molecule has 6 heteroatoms. The minimum atomic E-state index is -0.116. The fourth-order valence-corrected chi connectivity index (χ4v) is 2.34. The molecule has 2 aromatic rings. The van der Waals surface area contributed by atoms with Crippen molar-refractivity contribution in [3.8, 4) is 11.5 Å². The van der Waals surface area contributed by atoms with Crippen molar-refractivity contribution in [2.45, 2.75) is 12.8 Å². The summed E-state index contributed by atoms with van der Waals surface area (Å²) in [6.07, 6.45) is 1.57. The van der Waals surface area contributed by atoms with Gasteiger partial charge in [0.2, 0.25) is 0 Å². The number of ether oxygens (including phenoxy) is 2. The quantitative estimate of drug-likeness (QED) is 0.677. The van der Waals surface area contributed by atoms with E-state index in [4.69, 9.17) is 9.47 Å². The lowest BCUT2D eigenvalue weighted by molar-refractivity contribution is 0.0939. The van der Waals surface area contributed by atoms with Crippen LogP contribution in [0, 0.1) is 0 Å². The maximum Gasteiger partial charge on any atom is 0.251 e. The molecule has 0 saturated heterocycles. The number of amides is 2. The summed E-state index contributed by atoms with van der Waals surface area (Å²) in [6.45, 7) is 1.12. The van der Waals surface area contributed by atoms with Crippen molar-refractivity contribution in [3.05, 3.63) is 59.7 Å². The highest BCUT2D eigenvalue weighted by atomic mass is 16.5. The van der Waals surface area contributed by atoms with Crippen LogP contribution in [0.2, 0.25) is 0 Å². The Morgan fingerprint density at radius 3 is 1.35 bits per heavy atom. The number of nitrogens with one attached hydrogen (secondary N) is 2. The first-order valence-electron chi connectivity index (χ1n) is 8.48. The lowest BCUT2D eigenvalue weighted by atomic mass is 10.2. The molecule has 0 atom stereocenters. The van der Waals surface area contributed by atoms with Crippen LogP contribution in [0.15, 0.2) is 48.5 Å². The molecular formula is C20H24N2O4. The van der Waals surface area contributed by atoms with Crippen molar-refractivity contribution < 1.29 is 19.1 Å². The Kier molecular flexibility index (Phi) is 7.49. The monoisotopic (exact) mass is 356 g/mol. The molecule has 2 N–H and O–H groups in total. The van der Waals surface area contributed by atoms with E-state index in [1.165, 1.54) is 0 Å². The molecule has 0 radical (unpaired) electrons. The summed E-state index contributed by atoms with van der Waals surface area (Å²) in [7, 11) is 3.17. The molecule has 0 aliphatic heterocycles. The number of hydrogen-bond acceptors (Lipinski definition) is 4.